The third-order valence-electron chi connectivity index (χ3n) is 9.77. The Hall–Kier alpha value is -0.300. The van der Waals surface area contributed by atoms with Crippen LogP contribution in [-0.2, 0) is 0 Å². The molecule has 7 atom stereocenters. The predicted molar refractivity (Wildman–Crippen MR) is 121 cm³/mol. The zero-order valence-electron chi connectivity index (χ0n) is 19.8. The van der Waals surface area contributed by atoms with Crippen LogP contribution in [0.1, 0.15) is 106 Å². The van der Waals surface area contributed by atoms with E-state index in [2.05, 4.69) is 47.6 Å². The van der Waals surface area contributed by atoms with Crippen LogP contribution in [0.25, 0.3) is 0 Å². The van der Waals surface area contributed by atoms with Gasteiger partial charge in [0.05, 0.1) is 6.61 Å². The lowest BCUT2D eigenvalue weighted by atomic mass is 9.48. The molecule has 0 amide bonds. The zero-order chi connectivity index (χ0) is 20.5. The van der Waals surface area contributed by atoms with E-state index in [4.69, 9.17) is 0 Å². The molecule has 2 saturated carbocycles. The highest BCUT2D eigenvalue weighted by Crippen LogP contribution is 2.66. The maximum absolute atomic E-state index is 10.0. The van der Waals surface area contributed by atoms with Gasteiger partial charge in [-0.3, -0.25) is 0 Å². The van der Waals surface area contributed by atoms with E-state index in [9.17, 15) is 5.11 Å². The van der Waals surface area contributed by atoms with Crippen LogP contribution in [0.15, 0.2) is 11.6 Å². The molecule has 0 aromatic rings. The fourth-order valence-electron chi connectivity index (χ4n) is 8.29. The van der Waals surface area contributed by atoms with Crippen molar-refractivity contribution < 1.29 is 5.11 Å². The molecule has 3 aliphatic carbocycles. The number of fused-ring (bicyclic) bond motifs is 3. The van der Waals surface area contributed by atoms with Gasteiger partial charge in [0.1, 0.15) is 0 Å². The first kappa shape index (κ1) is 22.4. The summed E-state index contributed by atoms with van der Waals surface area (Å²) in [6.45, 7) is 15.0. The second kappa shape index (κ2) is 8.83. The third-order valence-corrected chi connectivity index (χ3v) is 9.77. The summed E-state index contributed by atoms with van der Waals surface area (Å²) in [6.07, 6.45) is 16.2. The molecule has 0 radical (unpaired) electrons. The summed E-state index contributed by atoms with van der Waals surface area (Å²) in [5, 5.41) is 10.0. The maximum atomic E-state index is 10.0. The van der Waals surface area contributed by atoms with Crippen LogP contribution in [0.3, 0.4) is 0 Å². The molecule has 7 unspecified atom stereocenters. The van der Waals surface area contributed by atoms with E-state index in [1.54, 1.807) is 0 Å². The first-order valence-electron chi connectivity index (χ1n) is 12.6. The molecule has 2 fully saturated rings. The number of aliphatic hydroxyl groups excluding tert-OH is 1. The second-order valence-corrected chi connectivity index (χ2v) is 11.7. The summed E-state index contributed by atoms with van der Waals surface area (Å²) in [7, 11) is 0. The van der Waals surface area contributed by atoms with Crippen LogP contribution in [0.4, 0.5) is 0 Å². The van der Waals surface area contributed by atoms with Crippen molar-refractivity contribution in [2.24, 2.45) is 46.3 Å². The molecule has 0 aromatic heterocycles. The van der Waals surface area contributed by atoms with Crippen LogP contribution in [-0.4, -0.2) is 11.7 Å². The lowest BCUT2D eigenvalue weighted by Crippen LogP contribution is -2.49. The molecule has 0 heterocycles. The van der Waals surface area contributed by atoms with Crippen molar-refractivity contribution in [3.63, 3.8) is 0 Å². The number of rotatable bonds is 8. The normalized spacial score (nSPS) is 41.5. The average molecular weight is 389 g/mol. The van der Waals surface area contributed by atoms with Crippen LogP contribution in [0.2, 0.25) is 0 Å². The first-order valence-corrected chi connectivity index (χ1v) is 12.6. The molecule has 3 rings (SSSR count). The van der Waals surface area contributed by atoms with Gasteiger partial charge in [-0.25, -0.2) is 0 Å². The van der Waals surface area contributed by atoms with Gasteiger partial charge in [-0.15, -0.1) is 0 Å². The molecule has 1 N–H and O–H groups in total. The van der Waals surface area contributed by atoms with E-state index in [-0.39, 0.29) is 12.0 Å². The highest BCUT2D eigenvalue weighted by atomic mass is 16.3. The molecule has 0 spiro atoms. The van der Waals surface area contributed by atoms with Gasteiger partial charge in [-0.05, 0) is 90.4 Å². The SMILES string of the molecule is CCCC1(C)C(CO)=CCC2C1CCC1(C)C(C(C)CCCC(C)C)CCC21. The highest BCUT2D eigenvalue weighted by Gasteiger charge is 2.58. The lowest BCUT2D eigenvalue weighted by molar-refractivity contribution is -0.0484. The Morgan fingerprint density at radius 2 is 1.82 bits per heavy atom. The van der Waals surface area contributed by atoms with E-state index >= 15 is 0 Å². The Morgan fingerprint density at radius 1 is 1.07 bits per heavy atom. The predicted octanol–water partition coefficient (Wildman–Crippen LogP) is 7.64. The third kappa shape index (κ3) is 3.86. The minimum absolute atomic E-state index is 0.245. The molecule has 28 heavy (non-hydrogen) atoms. The van der Waals surface area contributed by atoms with E-state index in [0.29, 0.717) is 5.41 Å². The molecular formula is C27H48O. The largest absolute Gasteiger partial charge is 0.392 e. The van der Waals surface area contributed by atoms with Gasteiger partial charge in [0.25, 0.3) is 0 Å². The van der Waals surface area contributed by atoms with Gasteiger partial charge in [-0.1, -0.05) is 73.3 Å². The lowest BCUT2D eigenvalue weighted by Gasteiger charge is -2.57. The fraction of sp³-hybridized carbons (Fsp3) is 0.926. The van der Waals surface area contributed by atoms with Crippen molar-refractivity contribution in [1.29, 1.82) is 0 Å². The van der Waals surface area contributed by atoms with E-state index in [0.717, 1.165) is 35.5 Å². The number of hydrogen-bond acceptors (Lipinski definition) is 1. The van der Waals surface area contributed by atoms with Crippen molar-refractivity contribution in [2.45, 2.75) is 106 Å². The number of hydrogen-bond donors (Lipinski definition) is 1. The molecule has 0 aromatic carbocycles. The Kier molecular flexibility index (Phi) is 7.06. The Balaban J connectivity index is 1.76. The van der Waals surface area contributed by atoms with Gasteiger partial charge in [0, 0.05) is 0 Å². The summed E-state index contributed by atoms with van der Waals surface area (Å²) in [4.78, 5) is 0. The Morgan fingerprint density at radius 3 is 2.46 bits per heavy atom. The molecule has 0 saturated heterocycles. The van der Waals surface area contributed by atoms with E-state index in [1.165, 1.54) is 69.8 Å². The van der Waals surface area contributed by atoms with Crippen molar-refractivity contribution in [1.82, 2.24) is 0 Å². The first-order chi connectivity index (χ1) is 13.3. The van der Waals surface area contributed by atoms with Gasteiger partial charge >= 0.3 is 0 Å². The average Bonchev–Trinajstić information content (AvgIpc) is 2.99. The highest BCUT2D eigenvalue weighted by molar-refractivity contribution is 5.23. The molecule has 1 heteroatoms. The summed E-state index contributed by atoms with van der Waals surface area (Å²) < 4.78 is 0. The molecule has 162 valence electrons. The molecular weight excluding hydrogens is 340 g/mol. The summed E-state index contributed by atoms with van der Waals surface area (Å²) >= 11 is 0. The molecule has 3 aliphatic rings. The maximum Gasteiger partial charge on any atom is 0.0647 e. The number of aliphatic hydroxyl groups is 1. The molecule has 0 bridgehead atoms. The van der Waals surface area contributed by atoms with Crippen LogP contribution in [0.5, 0.6) is 0 Å². The molecule has 1 nitrogen and oxygen atoms in total. The minimum Gasteiger partial charge on any atom is -0.392 e. The van der Waals surface area contributed by atoms with Crippen molar-refractivity contribution in [3.8, 4) is 0 Å². The van der Waals surface area contributed by atoms with Crippen molar-refractivity contribution in [2.75, 3.05) is 6.61 Å². The van der Waals surface area contributed by atoms with Crippen molar-refractivity contribution in [3.05, 3.63) is 11.6 Å². The quantitative estimate of drug-likeness (QED) is 0.424. The van der Waals surface area contributed by atoms with Gasteiger partial charge in [-0.2, -0.15) is 0 Å². The van der Waals surface area contributed by atoms with Crippen molar-refractivity contribution >= 4 is 0 Å². The summed E-state index contributed by atoms with van der Waals surface area (Å²) in [6, 6.07) is 0. The summed E-state index contributed by atoms with van der Waals surface area (Å²) in [5.41, 5.74) is 2.17. The minimum atomic E-state index is 0.245. The summed E-state index contributed by atoms with van der Waals surface area (Å²) in [5.74, 6) is 5.24. The molecule has 0 aliphatic heterocycles. The zero-order valence-corrected chi connectivity index (χ0v) is 19.8. The van der Waals surface area contributed by atoms with Gasteiger partial charge < -0.3 is 5.11 Å². The Labute approximate surface area is 175 Å². The smallest absolute Gasteiger partial charge is 0.0647 e. The number of allylic oxidation sites excluding steroid dienone is 1. The van der Waals surface area contributed by atoms with Gasteiger partial charge in [0.15, 0.2) is 0 Å². The monoisotopic (exact) mass is 388 g/mol. The van der Waals surface area contributed by atoms with E-state index in [1.807, 2.05) is 0 Å². The fourth-order valence-corrected chi connectivity index (χ4v) is 8.29. The van der Waals surface area contributed by atoms with Crippen LogP contribution < -0.4 is 0 Å². The van der Waals surface area contributed by atoms with Crippen LogP contribution >= 0.6 is 0 Å². The standard InChI is InChI=1S/C27H48O/c1-7-16-26(5)21(18-28)11-12-22-24-14-13-23(20(4)10-8-9-19(2)3)27(24,6)17-15-25(22)26/h11,19-20,22-25,28H,7-10,12-18H2,1-6H3. The topological polar surface area (TPSA) is 20.2 Å². The van der Waals surface area contributed by atoms with Crippen LogP contribution in [0, 0.1) is 46.3 Å². The Bertz CT molecular complexity index is 548. The van der Waals surface area contributed by atoms with E-state index < -0.39 is 0 Å². The second-order valence-electron chi connectivity index (χ2n) is 11.7. The van der Waals surface area contributed by atoms with Gasteiger partial charge in [0.2, 0.25) is 0 Å².